The molecule has 112 valence electrons. The molecule has 0 amide bonds. The second-order valence-corrected chi connectivity index (χ2v) is 5.18. The van der Waals surface area contributed by atoms with Gasteiger partial charge >= 0.3 is 0 Å². The van der Waals surface area contributed by atoms with Crippen LogP contribution in [0.25, 0.3) is 0 Å². The Labute approximate surface area is 125 Å². The molecule has 0 heterocycles. The zero-order valence-electron chi connectivity index (χ0n) is 11.0. The maximum absolute atomic E-state index is 13.2. The Kier molecular flexibility index (Phi) is 5.22. The summed E-state index contributed by atoms with van der Waals surface area (Å²) in [6.45, 7) is 0. The first kappa shape index (κ1) is 15.8. The van der Waals surface area contributed by atoms with E-state index in [9.17, 15) is 13.2 Å². The van der Waals surface area contributed by atoms with E-state index in [-0.39, 0.29) is 11.1 Å². The van der Waals surface area contributed by atoms with Gasteiger partial charge in [0.25, 0.3) is 0 Å². The smallest absolute Gasteiger partial charge is 0.159 e. The molecule has 1 unspecified atom stereocenters. The van der Waals surface area contributed by atoms with E-state index in [2.05, 4.69) is 5.43 Å². The van der Waals surface area contributed by atoms with Crippen LogP contribution in [0.2, 0.25) is 5.02 Å². The van der Waals surface area contributed by atoms with Crippen LogP contribution in [0.15, 0.2) is 36.4 Å². The second-order valence-electron chi connectivity index (χ2n) is 4.77. The van der Waals surface area contributed by atoms with Gasteiger partial charge in [-0.2, -0.15) is 0 Å². The van der Waals surface area contributed by atoms with Crippen molar-refractivity contribution in [3.05, 3.63) is 70.0 Å². The Balaban J connectivity index is 2.08. The number of nitrogens with one attached hydrogen (secondary N) is 1. The quantitative estimate of drug-likeness (QED) is 0.656. The average molecular weight is 315 g/mol. The van der Waals surface area contributed by atoms with Crippen molar-refractivity contribution in [3.63, 3.8) is 0 Å². The van der Waals surface area contributed by atoms with E-state index in [1.54, 1.807) is 6.07 Å². The molecule has 0 spiro atoms. The maximum Gasteiger partial charge on any atom is 0.159 e. The maximum atomic E-state index is 13.2. The fourth-order valence-electron chi connectivity index (χ4n) is 2.09. The molecule has 0 saturated carbocycles. The van der Waals surface area contributed by atoms with Gasteiger partial charge in [0.15, 0.2) is 11.6 Å². The van der Waals surface area contributed by atoms with Crippen molar-refractivity contribution in [3.8, 4) is 0 Å². The van der Waals surface area contributed by atoms with Crippen LogP contribution in [0.1, 0.15) is 11.1 Å². The van der Waals surface area contributed by atoms with E-state index in [4.69, 9.17) is 17.4 Å². The minimum Gasteiger partial charge on any atom is -0.271 e. The zero-order chi connectivity index (χ0) is 15.4. The first-order valence-electron chi connectivity index (χ1n) is 6.33. The van der Waals surface area contributed by atoms with Crippen LogP contribution in [0.3, 0.4) is 0 Å². The van der Waals surface area contributed by atoms with Crippen molar-refractivity contribution >= 4 is 11.6 Å². The van der Waals surface area contributed by atoms with Crippen LogP contribution in [-0.2, 0) is 12.8 Å². The number of benzene rings is 2. The van der Waals surface area contributed by atoms with E-state index < -0.39 is 17.5 Å². The number of hydrazine groups is 1. The summed E-state index contributed by atoms with van der Waals surface area (Å²) in [5, 5.41) is 0.0381. The molecule has 2 rings (SSSR count). The molecular weight excluding hydrogens is 301 g/mol. The van der Waals surface area contributed by atoms with Crippen molar-refractivity contribution in [2.45, 2.75) is 18.9 Å². The molecule has 0 saturated heterocycles. The SMILES string of the molecule is NNC(Cc1ccc(F)c(F)c1)Cc1ccc(F)c(Cl)c1. The van der Waals surface area contributed by atoms with Crippen molar-refractivity contribution in [1.82, 2.24) is 5.43 Å². The van der Waals surface area contributed by atoms with Gasteiger partial charge in [-0.05, 0) is 48.2 Å². The topological polar surface area (TPSA) is 38.0 Å². The Morgan fingerprint density at radius 2 is 1.48 bits per heavy atom. The highest BCUT2D eigenvalue weighted by molar-refractivity contribution is 6.30. The molecule has 0 fully saturated rings. The summed E-state index contributed by atoms with van der Waals surface area (Å²) in [5.74, 6) is 3.21. The molecule has 0 aliphatic carbocycles. The minimum atomic E-state index is -0.895. The molecule has 2 aromatic carbocycles. The lowest BCUT2D eigenvalue weighted by Gasteiger charge is -2.16. The summed E-state index contributed by atoms with van der Waals surface area (Å²) in [6, 6.07) is 7.91. The molecule has 21 heavy (non-hydrogen) atoms. The Bertz CT molecular complexity index is 581. The number of halogens is 4. The Morgan fingerprint density at radius 3 is 2.00 bits per heavy atom. The predicted octanol–water partition coefficient (Wildman–Crippen LogP) is 3.37. The summed E-state index contributed by atoms with van der Waals surface area (Å²) >= 11 is 5.72. The second kappa shape index (κ2) is 6.93. The number of hydrogen-bond donors (Lipinski definition) is 2. The lowest BCUT2D eigenvalue weighted by molar-refractivity contribution is 0.498. The number of nitrogens with two attached hydrogens (primary N) is 1. The first-order valence-corrected chi connectivity index (χ1v) is 6.71. The molecule has 0 aliphatic heterocycles. The van der Waals surface area contributed by atoms with Crippen molar-refractivity contribution in [1.29, 1.82) is 0 Å². The van der Waals surface area contributed by atoms with E-state index >= 15 is 0 Å². The molecule has 3 N–H and O–H groups in total. The van der Waals surface area contributed by atoms with Crippen LogP contribution < -0.4 is 11.3 Å². The third-order valence-electron chi connectivity index (χ3n) is 3.17. The fraction of sp³-hybridized carbons (Fsp3) is 0.200. The third kappa shape index (κ3) is 4.20. The highest BCUT2D eigenvalue weighted by Gasteiger charge is 2.12. The van der Waals surface area contributed by atoms with Gasteiger partial charge in [0.2, 0.25) is 0 Å². The lowest BCUT2D eigenvalue weighted by atomic mass is 9.99. The van der Waals surface area contributed by atoms with Gasteiger partial charge in [0.05, 0.1) is 5.02 Å². The third-order valence-corrected chi connectivity index (χ3v) is 3.46. The molecule has 2 aromatic rings. The molecular formula is C15H14ClF3N2. The van der Waals surface area contributed by atoms with Crippen LogP contribution in [0.5, 0.6) is 0 Å². The van der Waals surface area contributed by atoms with E-state index in [1.165, 1.54) is 18.2 Å². The van der Waals surface area contributed by atoms with Gasteiger partial charge in [-0.1, -0.05) is 23.7 Å². The molecule has 1 atom stereocenters. The zero-order valence-corrected chi connectivity index (χ0v) is 11.8. The van der Waals surface area contributed by atoms with Gasteiger partial charge in [-0.3, -0.25) is 11.3 Å². The summed E-state index contributed by atoms with van der Waals surface area (Å²) < 4.78 is 39.2. The molecule has 0 radical (unpaired) electrons. The average Bonchev–Trinajstić information content (AvgIpc) is 2.46. The number of rotatable bonds is 5. The van der Waals surface area contributed by atoms with Gasteiger partial charge in [0, 0.05) is 6.04 Å². The molecule has 0 bridgehead atoms. The van der Waals surface area contributed by atoms with Gasteiger partial charge in [-0.15, -0.1) is 0 Å². The molecule has 0 aliphatic rings. The minimum absolute atomic E-state index is 0.0381. The normalized spacial score (nSPS) is 12.4. The van der Waals surface area contributed by atoms with Gasteiger partial charge in [-0.25, -0.2) is 13.2 Å². The van der Waals surface area contributed by atoms with Gasteiger partial charge in [0.1, 0.15) is 5.82 Å². The predicted molar refractivity (Wildman–Crippen MR) is 76.3 cm³/mol. The molecule has 6 heteroatoms. The van der Waals surface area contributed by atoms with Crippen LogP contribution in [0.4, 0.5) is 13.2 Å². The largest absolute Gasteiger partial charge is 0.271 e. The fourth-order valence-corrected chi connectivity index (χ4v) is 2.30. The van der Waals surface area contributed by atoms with Crippen molar-refractivity contribution in [2.75, 3.05) is 0 Å². The van der Waals surface area contributed by atoms with Crippen LogP contribution >= 0.6 is 11.6 Å². The van der Waals surface area contributed by atoms with E-state index in [0.29, 0.717) is 18.4 Å². The van der Waals surface area contributed by atoms with Gasteiger partial charge < -0.3 is 0 Å². The lowest BCUT2D eigenvalue weighted by Crippen LogP contribution is -2.38. The van der Waals surface area contributed by atoms with Crippen LogP contribution in [0, 0.1) is 17.5 Å². The summed E-state index contributed by atoms with van der Waals surface area (Å²) in [5.41, 5.74) is 4.03. The summed E-state index contributed by atoms with van der Waals surface area (Å²) in [7, 11) is 0. The highest BCUT2D eigenvalue weighted by atomic mass is 35.5. The van der Waals surface area contributed by atoms with Crippen molar-refractivity contribution < 1.29 is 13.2 Å². The van der Waals surface area contributed by atoms with E-state index in [0.717, 1.165) is 17.7 Å². The monoisotopic (exact) mass is 314 g/mol. The van der Waals surface area contributed by atoms with E-state index in [1.807, 2.05) is 0 Å². The molecule has 2 nitrogen and oxygen atoms in total. The Hall–Kier alpha value is -1.56. The Morgan fingerprint density at radius 1 is 0.905 bits per heavy atom. The molecule has 0 aromatic heterocycles. The van der Waals surface area contributed by atoms with Crippen LogP contribution in [-0.4, -0.2) is 6.04 Å². The summed E-state index contributed by atoms with van der Waals surface area (Å²) in [4.78, 5) is 0. The number of hydrogen-bond acceptors (Lipinski definition) is 2. The standard InChI is InChI=1S/C15H14ClF3N2/c16-12-7-9(1-3-13(12)17)5-11(21-20)6-10-2-4-14(18)15(19)8-10/h1-4,7-8,11,21H,5-6,20H2. The van der Waals surface area contributed by atoms with Crippen molar-refractivity contribution in [2.24, 2.45) is 5.84 Å². The summed E-state index contributed by atoms with van der Waals surface area (Å²) in [6.07, 6.45) is 0.887. The first-order chi connectivity index (χ1) is 9.99. The highest BCUT2D eigenvalue weighted by Crippen LogP contribution is 2.18.